The highest BCUT2D eigenvalue weighted by Gasteiger charge is 2.40. The Morgan fingerprint density at radius 2 is 0.746 bits per heavy atom. The van der Waals surface area contributed by atoms with Crippen LogP contribution in [0.2, 0.25) is 0 Å². The summed E-state index contributed by atoms with van der Waals surface area (Å²) in [6.45, 7) is 27.0. The molecular formula is C54H55N3O2. The summed E-state index contributed by atoms with van der Waals surface area (Å²) in [5.74, 6) is -0.645. The van der Waals surface area contributed by atoms with Gasteiger partial charge in [0.05, 0.1) is 44.6 Å². The number of nitrogens with zero attached hydrogens (tertiary/aromatic N) is 3. The van der Waals surface area contributed by atoms with Crippen LogP contribution in [-0.4, -0.2) is 20.9 Å². The largest absolute Gasteiger partial charge is 0.309 e. The molecule has 8 aromatic rings. The lowest BCUT2D eigenvalue weighted by atomic mass is 9.85. The lowest BCUT2D eigenvalue weighted by molar-refractivity contribution is 0.0926. The van der Waals surface area contributed by atoms with E-state index in [4.69, 9.17) is 0 Å². The zero-order valence-corrected chi connectivity index (χ0v) is 36.6. The predicted octanol–water partition coefficient (Wildman–Crippen LogP) is 13.9. The number of hydrogen-bond acceptors (Lipinski definition) is 2. The van der Waals surface area contributed by atoms with Crippen molar-refractivity contribution in [3.63, 3.8) is 0 Å². The summed E-state index contributed by atoms with van der Waals surface area (Å²) in [6, 6.07) is 40.4. The SMILES string of the molecule is CC(C)(C)c1ccc2c(c1)c1cc(C(C)(C)C)ccc1n2-c1cc2c(c(-n3c4ccc(C(C)(C)C)cc4c4cc(C(C)(C)C)ccc43)c1)C(=O)N(c1ccccc1)C2=O. The zero-order chi connectivity index (χ0) is 42.1. The molecule has 9 rings (SSSR count). The number of carbonyl (C=O) groups is 2. The van der Waals surface area contributed by atoms with Gasteiger partial charge in [0.15, 0.2) is 0 Å². The molecule has 0 spiro atoms. The van der Waals surface area contributed by atoms with Gasteiger partial charge < -0.3 is 9.13 Å². The van der Waals surface area contributed by atoms with Crippen molar-refractivity contribution in [1.29, 1.82) is 0 Å². The number of aromatic nitrogens is 2. The van der Waals surface area contributed by atoms with Crippen LogP contribution < -0.4 is 4.90 Å². The molecule has 0 N–H and O–H groups in total. The molecule has 5 nitrogen and oxygen atoms in total. The smallest absolute Gasteiger partial charge is 0.268 e. The third-order valence-electron chi connectivity index (χ3n) is 12.5. The molecule has 1 aliphatic heterocycles. The number of carbonyl (C=O) groups excluding carboxylic acids is 2. The van der Waals surface area contributed by atoms with Gasteiger partial charge in [0.25, 0.3) is 11.8 Å². The highest BCUT2D eigenvalue weighted by atomic mass is 16.2. The summed E-state index contributed by atoms with van der Waals surface area (Å²) in [7, 11) is 0. The topological polar surface area (TPSA) is 47.2 Å². The monoisotopic (exact) mass is 777 g/mol. The normalized spacial score (nSPS) is 14.1. The van der Waals surface area contributed by atoms with Crippen molar-refractivity contribution in [1.82, 2.24) is 9.13 Å². The number of hydrogen-bond donors (Lipinski definition) is 0. The highest BCUT2D eigenvalue weighted by molar-refractivity contribution is 6.36. The molecule has 0 unspecified atom stereocenters. The lowest BCUT2D eigenvalue weighted by Crippen LogP contribution is -2.29. The van der Waals surface area contributed by atoms with Gasteiger partial charge in [0.2, 0.25) is 0 Å². The molecule has 1 aliphatic rings. The standard InChI is InChI=1S/C54H55N3O2/c1-51(2,3)32-18-22-43-38(26-32)39-27-33(52(4,5)6)19-23-44(39)55(43)37-30-42-48(50(59)56(49(42)58)36-16-14-13-15-17-36)47(31-37)57-45-24-20-34(53(7,8)9)28-40(45)41-29-35(54(10,11)12)21-25-46(41)57/h13-31H,1-12H3. The van der Waals surface area contributed by atoms with E-state index in [0.717, 1.165) is 49.3 Å². The Labute approximate surface area is 348 Å². The Morgan fingerprint density at radius 3 is 1.12 bits per heavy atom. The van der Waals surface area contributed by atoms with Crippen molar-refractivity contribution in [2.24, 2.45) is 0 Å². The number of fused-ring (bicyclic) bond motifs is 7. The second-order valence-corrected chi connectivity index (χ2v) is 20.8. The third kappa shape index (κ3) is 6.12. The van der Waals surface area contributed by atoms with Crippen molar-refractivity contribution in [2.75, 3.05) is 4.90 Å². The summed E-state index contributed by atoms with van der Waals surface area (Å²) in [4.78, 5) is 31.1. The van der Waals surface area contributed by atoms with Crippen LogP contribution in [0.1, 0.15) is 126 Å². The Hall–Kier alpha value is -5.94. The van der Waals surface area contributed by atoms with E-state index >= 15 is 0 Å². The van der Waals surface area contributed by atoms with E-state index in [-0.39, 0.29) is 33.5 Å². The maximum atomic E-state index is 14.9. The molecule has 0 radical (unpaired) electrons. The summed E-state index contributed by atoms with van der Waals surface area (Å²) < 4.78 is 4.52. The Balaban J connectivity index is 1.42. The van der Waals surface area contributed by atoms with Crippen molar-refractivity contribution in [3.05, 3.63) is 149 Å². The number of imide groups is 1. The Bertz CT molecular complexity index is 2910. The number of para-hydroxylation sites is 1. The Morgan fingerprint density at radius 1 is 0.373 bits per heavy atom. The molecule has 0 saturated heterocycles. The van der Waals surface area contributed by atoms with Crippen molar-refractivity contribution in [2.45, 2.75) is 105 Å². The maximum absolute atomic E-state index is 14.9. The number of rotatable bonds is 3. The molecule has 59 heavy (non-hydrogen) atoms. The molecule has 0 atom stereocenters. The van der Waals surface area contributed by atoms with Gasteiger partial charge in [-0.2, -0.15) is 0 Å². The van der Waals surface area contributed by atoms with Crippen molar-refractivity contribution >= 4 is 61.1 Å². The van der Waals surface area contributed by atoms with Crippen LogP contribution in [0, 0.1) is 0 Å². The van der Waals surface area contributed by atoms with Gasteiger partial charge in [-0.3, -0.25) is 9.59 Å². The maximum Gasteiger partial charge on any atom is 0.268 e. The van der Waals surface area contributed by atoms with E-state index < -0.39 is 0 Å². The van der Waals surface area contributed by atoms with E-state index in [1.54, 1.807) is 0 Å². The van der Waals surface area contributed by atoms with Crippen molar-refractivity contribution < 1.29 is 9.59 Å². The molecule has 0 fully saturated rings. The average molecular weight is 778 g/mol. The lowest BCUT2D eigenvalue weighted by Gasteiger charge is -2.20. The molecular weight excluding hydrogens is 723 g/mol. The number of benzene rings is 6. The second kappa shape index (κ2) is 12.8. The molecule has 0 saturated carbocycles. The molecule has 2 amide bonds. The van der Waals surface area contributed by atoms with E-state index in [0.29, 0.717) is 22.5 Å². The minimum atomic E-state index is -0.323. The fourth-order valence-corrected chi connectivity index (χ4v) is 8.90. The minimum Gasteiger partial charge on any atom is -0.309 e. The van der Waals surface area contributed by atoms with E-state index in [1.165, 1.54) is 27.2 Å². The first-order valence-corrected chi connectivity index (χ1v) is 20.9. The molecule has 3 heterocycles. The fraction of sp³-hybridized carbons (Fsp3) is 0.296. The Kier molecular flexibility index (Phi) is 8.35. The van der Waals surface area contributed by atoms with Gasteiger partial charge in [0, 0.05) is 27.2 Å². The van der Waals surface area contributed by atoms with Crippen LogP contribution in [0.15, 0.2) is 115 Å². The van der Waals surface area contributed by atoms with Crippen LogP contribution in [0.4, 0.5) is 5.69 Å². The van der Waals surface area contributed by atoms with Crippen LogP contribution >= 0.6 is 0 Å². The predicted molar refractivity (Wildman–Crippen MR) is 248 cm³/mol. The summed E-state index contributed by atoms with van der Waals surface area (Å²) >= 11 is 0. The van der Waals surface area contributed by atoms with Gasteiger partial charge in [-0.1, -0.05) is 126 Å². The van der Waals surface area contributed by atoms with E-state index in [9.17, 15) is 9.59 Å². The summed E-state index contributed by atoms with van der Waals surface area (Å²) in [5, 5.41) is 4.57. The van der Waals surface area contributed by atoms with Gasteiger partial charge in [-0.05, 0) is 117 Å². The quantitative estimate of drug-likeness (QED) is 0.168. The molecule has 5 heteroatoms. The molecule has 6 aromatic carbocycles. The summed E-state index contributed by atoms with van der Waals surface area (Å²) in [6.07, 6.45) is 0. The highest BCUT2D eigenvalue weighted by Crippen LogP contribution is 2.44. The molecule has 2 aromatic heterocycles. The number of anilines is 1. The molecule has 0 aliphatic carbocycles. The van der Waals surface area contributed by atoms with Crippen LogP contribution in [0.25, 0.3) is 55.0 Å². The molecule has 0 bridgehead atoms. The van der Waals surface area contributed by atoms with Crippen LogP contribution in [0.3, 0.4) is 0 Å². The van der Waals surface area contributed by atoms with Gasteiger partial charge in [-0.25, -0.2) is 4.90 Å². The number of amides is 2. The van der Waals surface area contributed by atoms with Crippen LogP contribution in [-0.2, 0) is 21.7 Å². The molecule has 298 valence electrons. The van der Waals surface area contributed by atoms with Gasteiger partial charge in [0.1, 0.15) is 0 Å². The second-order valence-electron chi connectivity index (χ2n) is 20.8. The third-order valence-corrected chi connectivity index (χ3v) is 12.5. The minimum absolute atomic E-state index is 0.0467. The first-order chi connectivity index (χ1) is 27.6. The van der Waals surface area contributed by atoms with Crippen LogP contribution in [0.5, 0.6) is 0 Å². The van der Waals surface area contributed by atoms with Gasteiger partial charge >= 0.3 is 0 Å². The van der Waals surface area contributed by atoms with Gasteiger partial charge in [-0.15, -0.1) is 0 Å². The zero-order valence-electron chi connectivity index (χ0n) is 36.6. The average Bonchev–Trinajstić information content (AvgIpc) is 3.76. The van der Waals surface area contributed by atoms with E-state index in [2.05, 4.69) is 171 Å². The first-order valence-electron chi connectivity index (χ1n) is 20.9. The summed E-state index contributed by atoms with van der Waals surface area (Å²) in [5.41, 5.74) is 11.7. The fourth-order valence-electron chi connectivity index (χ4n) is 8.90. The van der Waals surface area contributed by atoms with Crippen molar-refractivity contribution in [3.8, 4) is 11.4 Å². The van der Waals surface area contributed by atoms with E-state index in [1.807, 2.05) is 36.4 Å². The first kappa shape index (κ1) is 38.6.